The molecule has 0 fully saturated rings. The second-order valence-corrected chi connectivity index (χ2v) is 2.74. The maximum Gasteiger partial charge on any atom is 0.0667 e. The first-order valence-electron chi connectivity index (χ1n) is 4.36. The lowest BCUT2D eigenvalue weighted by atomic mass is 10.4. The molecule has 72 valence electrons. The minimum absolute atomic E-state index is 0.296. The van der Waals surface area contributed by atoms with Gasteiger partial charge >= 0.3 is 0 Å². The van der Waals surface area contributed by atoms with Crippen LogP contribution in [0.5, 0.6) is 0 Å². The van der Waals surface area contributed by atoms with Crippen LogP contribution >= 0.6 is 0 Å². The third-order valence-corrected chi connectivity index (χ3v) is 1.60. The van der Waals surface area contributed by atoms with Crippen LogP contribution in [0.2, 0.25) is 0 Å². The van der Waals surface area contributed by atoms with Crippen LogP contribution in [-0.2, 0) is 4.74 Å². The molecule has 0 aromatic heterocycles. The van der Waals surface area contributed by atoms with Gasteiger partial charge in [-0.3, -0.25) is 0 Å². The molecule has 3 nitrogen and oxygen atoms in total. The number of nitrogens with one attached hydrogen (secondary N) is 2. The van der Waals surface area contributed by atoms with Gasteiger partial charge in [-0.2, -0.15) is 0 Å². The van der Waals surface area contributed by atoms with Crippen molar-refractivity contribution in [3.8, 4) is 0 Å². The molecule has 0 aromatic rings. The Balaban J connectivity index is 2.95. The van der Waals surface area contributed by atoms with Crippen LogP contribution in [0.4, 0.5) is 0 Å². The maximum atomic E-state index is 5.08. The molecule has 0 saturated carbocycles. The van der Waals surface area contributed by atoms with Gasteiger partial charge in [0.2, 0.25) is 0 Å². The molecule has 0 aliphatic heterocycles. The molecule has 0 aliphatic rings. The first-order chi connectivity index (χ1) is 5.81. The molecule has 0 aromatic carbocycles. The fraction of sp³-hybridized carbons (Fsp3) is 0.778. The minimum Gasteiger partial charge on any atom is -0.380 e. The van der Waals surface area contributed by atoms with E-state index in [1.807, 2.05) is 13.0 Å². The van der Waals surface area contributed by atoms with Crippen molar-refractivity contribution in [3.63, 3.8) is 0 Å². The Hall–Kier alpha value is -0.380. The van der Waals surface area contributed by atoms with E-state index in [2.05, 4.69) is 17.2 Å². The van der Waals surface area contributed by atoms with E-state index in [1.165, 1.54) is 0 Å². The van der Waals surface area contributed by atoms with E-state index in [0.717, 1.165) is 26.2 Å². The Morgan fingerprint density at radius 1 is 1.42 bits per heavy atom. The number of rotatable bonds is 8. The van der Waals surface area contributed by atoms with Gasteiger partial charge in [-0.1, -0.05) is 6.08 Å². The lowest BCUT2D eigenvalue weighted by Gasteiger charge is -2.10. The van der Waals surface area contributed by atoms with Gasteiger partial charge in [0.25, 0.3) is 0 Å². The first kappa shape index (κ1) is 11.6. The highest BCUT2D eigenvalue weighted by Crippen LogP contribution is 1.81. The Morgan fingerprint density at radius 3 is 2.67 bits per heavy atom. The van der Waals surface area contributed by atoms with E-state index in [0.29, 0.717) is 6.10 Å². The Morgan fingerprint density at radius 2 is 2.08 bits per heavy atom. The molecule has 0 aliphatic carbocycles. The summed E-state index contributed by atoms with van der Waals surface area (Å²) in [5.41, 5.74) is 0. The van der Waals surface area contributed by atoms with Gasteiger partial charge in [0, 0.05) is 33.3 Å². The number of ether oxygens (including phenoxy) is 1. The predicted molar refractivity (Wildman–Crippen MR) is 52.4 cm³/mol. The fourth-order valence-electron chi connectivity index (χ4n) is 0.770. The lowest BCUT2D eigenvalue weighted by molar-refractivity contribution is 0.117. The van der Waals surface area contributed by atoms with E-state index in [4.69, 9.17) is 4.74 Å². The average Bonchev–Trinajstić information content (AvgIpc) is 2.10. The van der Waals surface area contributed by atoms with Crippen LogP contribution in [0, 0.1) is 0 Å². The standard InChI is InChI=1S/C9H20N2O/c1-4-5-10-6-7-11-8-9(2)12-3/h4,9-11H,1,5-8H2,2-3H3. The Bertz CT molecular complexity index is 107. The van der Waals surface area contributed by atoms with Crippen LogP contribution in [-0.4, -0.2) is 39.4 Å². The van der Waals surface area contributed by atoms with E-state index >= 15 is 0 Å². The van der Waals surface area contributed by atoms with Crippen molar-refractivity contribution in [3.05, 3.63) is 12.7 Å². The maximum absolute atomic E-state index is 5.08. The van der Waals surface area contributed by atoms with Crippen LogP contribution in [0.25, 0.3) is 0 Å². The highest BCUT2D eigenvalue weighted by molar-refractivity contribution is 4.69. The Kier molecular flexibility index (Phi) is 8.44. The summed E-state index contributed by atoms with van der Waals surface area (Å²) < 4.78 is 5.08. The topological polar surface area (TPSA) is 33.3 Å². The fourth-order valence-corrected chi connectivity index (χ4v) is 0.770. The molecular formula is C9H20N2O. The van der Waals surface area contributed by atoms with E-state index in [9.17, 15) is 0 Å². The zero-order valence-electron chi connectivity index (χ0n) is 8.10. The molecule has 0 saturated heterocycles. The summed E-state index contributed by atoms with van der Waals surface area (Å²) in [6.07, 6.45) is 2.15. The normalized spacial score (nSPS) is 12.8. The molecule has 0 spiro atoms. The van der Waals surface area contributed by atoms with Crippen LogP contribution in [0.1, 0.15) is 6.92 Å². The molecule has 0 radical (unpaired) electrons. The van der Waals surface area contributed by atoms with Gasteiger partial charge in [0.1, 0.15) is 0 Å². The summed E-state index contributed by atoms with van der Waals surface area (Å²) in [5.74, 6) is 0. The zero-order chi connectivity index (χ0) is 9.23. The van der Waals surface area contributed by atoms with Crippen molar-refractivity contribution >= 4 is 0 Å². The smallest absolute Gasteiger partial charge is 0.0667 e. The molecular weight excluding hydrogens is 152 g/mol. The van der Waals surface area contributed by atoms with Crippen molar-refractivity contribution in [2.24, 2.45) is 0 Å². The van der Waals surface area contributed by atoms with Crippen LogP contribution in [0.15, 0.2) is 12.7 Å². The van der Waals surface area contributed by atoms with Gasteiger partial charge in [-0.25, -0.2) is 0 Å². The van der Waals surface area contributed by atoms with Crippen molar-refractivity contribution in [2.75, 3.05) is 33.3 Å². The summed E-state index contributed by atoms with van der Waals surface area (Å²) in [5, 5.41) is 6.48. The predicted octanol–water partition coefficient (Wildman–Crippen LogP) is 0.386. The number of hydrogen-bond acceptors (Lipinski definition) is 3. The molecule has 0 bridgehead atoms. The quantitative estimate of drug-likeness (QED) is 0.410. The van der Waals surface area contributed by atoms with Gasteiger partial charge in [-0.15, -0.1) is 6.58 Å². The van der Waals surface area contributed by atoms with E-state index in [-0.39, 0.29) is 0 Å². The summed E-state index contributed by atoms with van der Waals surface area (Å²) >= 11 is 0. The Labute approximate surface area is 75.2 Å². The van der Waals surface area contributed by atoms with Crippen molar-refractivity contribution in [2.45, 2.75) is 13.0 Å². The molecule has 12 heavy (non-hydrogen) atoms. The highest BCUT2D eigenvalue weighted by Gasteiger charge is 1.95. The number of methoxy groups -OCH3 is 1. The minimum atomic E-state index is 0.296. The second kappa shape index (κ2) is 8.71. The molecule has 1 unspecified atom stereocenters. The third kappa shape index (κ3) is 7.72. The average molecular weight is 172 g/mol. The first-order valence-corrected chi connectivity index (χ1v) is 4.36. The van der Waals surface area contributed by atoms with Gasteiger partial charge < -0.3 is 15.4 Å². The van der Waals surface area contributed by atoms with E-state index in [1.54, 1.807) is 7.11 Å². The summed E-state index contributed by atoms with van der Waals surface area (Å²) in [7, 11) is 1.72. The van der Waals surface area contributed by atoms with E-state index < -0.39 is 0 Å². The third-order valence-electron chi connectivity index (χ3n) is 1.60. The zero-order valence-corrected chi connectivity index (χ0v) is 8.10. The highest BCUT2D eigenvalue weighted by atomic mass is 16.5. The van der Waals surface area contributed by atoms with Crippen LogP contribution in [0.3, 0.4) is 0 Å². The monoisotopic (exact) mass is 172 g/mol. The molecule has 1 atom stereocenters. The van der Waals surface area contributed by atoms with Gasteiger partial charge in [-0.05, 0) is 6.92 Å². The van der Waals surface area contributed by atoms with Crippen LogP contribution < -0.4 is 10.6 Å². The van der Waals surface area contributed by atoms with Crippen molar-refractivity contribution in [1.82, 2.24) is 10.6 Å². The SMILES string of the molecule is C=CCNCCNCC(C)OC. The van der Waals surface area contributed by atoms with Gasteiger partial charge in [0.15, 0.2) is 0 Å². The summed E-state index contributed by atoms with van der Waals surface area (Å²) in [4.78, 5) is 0. The van der Waals surface area contributed by atoms with Crippen molar-refractivity contribution in [1.29, 1.82) is 0 Å². The molecule has 0 heterocycles. The molecule has 3 heteroatoms. The second-order valence-electron chi connectivity index (χ2n) is 2.74. The summed E-state index contributed by atoms with van der Waals surface area (Å²) in [6, 6.07) is 0. The summed E-state index contributed by atoms with van der Waals surface area (Å²) in [6.45, 7) is 9.40. The lowest BCUT2D eigenvalue weighted by Crippen LogP contribution is -2.32. The molecule has 2 N–H and O–H groups in total. The molecule has 0 amide bonds. The van der Waals surface area contributed by atoms with Gasteiger partial charge in [0.05, 0.1) is 6.10 Å². The largest absolute Gasteiger partial charge is 0.380 e. The molecule has 0 rings (SSSR count). The number of hydrogen-bond donors (Lipinski definition) is 2. The van der Waals surface area contributed by atoms with Crippen molar-refractivity contribution < 1.29 is 4.74 Å².